The van der Waals surface area contributed by atoms with Gasteiger partial charge < -0.3 is 9.80 Å². The summed E-state index contributed by atoms with van der Waals surface area (Å²) in [6.07, 6.45) is 1.06. The highest BCUT2D eigenvalue weighted by Crippen LogP contribution is 2.46. The van der Waals surface area contributed by atoms with Gasteiger partial charge in [0, 0.05) is 71.4 Å². The molecule has 0 bridgehead atoms. The van der Waals surface area contributed by atoms with Gasteiger partial charge in [0.05, 0.1) is 0 Å². The van der Waals surface area contributed by atoms with Crippen molar-refractivity contribution in [3.8, 4) is 0 Å². The minimum absolute atomic E-state index is 0.160. The van der Waals surface area contributed by atoms with Gasteiger partial charge in [-0.15, -0.1) is 0 Å². The van der Waals surface area contributed by atoms with Gasteiger partial charge >= 0.3 is 6.03 Å². The van der Waals surface area contributed by atoms with Crippen LogP contribution in [0.2, 0.25) is 0 Å². The van der Waals surface area contributed by atoms with E-state index in [1.165, 1.54) is 16.7 Å². The number of carbonyl (C=O) groups excluding carboxylic acids is 1. The van der Waals surface area contributed by atoms with Gasteiger partial charge in [0.15, 0.2) is 0 Å². The topological polar surface area (TPSA) is 30.0 Å². The number of amides is 2. The molecule has 164 valence electrons. The Balaban J connectivity index is 1.21. The number of hydrogen-bond acceptors (Lipinski definition) is 3. The monoisotopic (exact) mass is 422 g/mol. The second-order valence-electron chi connectivity index (χ2n) is 9.05. The van der Waals surface area contributed by atoms with Crippen molar-refractivity contribution in [3.63, 3.8) is 0 Å². The molecule has 2 atom stereocenters. The smallest absolute Gasteiger partial charge is 0.319 e. The zero-order valence-electron chi connectivity index (χ0n) is 18.2. The Hall–Kier alpha value is -2.44. The van der Waals surface area contributed by atoms with E-state index in [4.69, 9.17) is 0 Å². The van der Waals surface area contributed by atoms with E-state index in [0.717, 1.165) is 58.8 Å². The molecular weight excluding hydrogens is 391 g/mol. The summed E-state index contributed by atoms with van der Waals surface area (Å²) in [5.41, 5.74) is 4.02. The molecule has 0 saturated carbocycles. The first-order chi connectivity index (χ1) is 15.1. The van der Waals surface area contributed by atoms with Crippen LogP contribution >= 0.6 is 0 Å². The maximum Gasteiger partial charge on any atom is 0.319 e. The van der Waals surface area contributed by atoms with E-state index < -0.39 is 0 Å². The van der Waals surface area contributed by atoms with Crippen LogP contribution in [0.4, 0.5) is 9.18 Å². The van der Waals surface area contributed by atoms with Crippen molar-refractivity contribution in [1.29, 1.82) is 0 Å². The highest BCUT2D eigenvalue weighted by Gasteiger charge is 2.36. The number of rotatable bonds is 5. The predicted molar refractivity (Wildman–Crippen MR) is 120 cm³/mol. The average molecular weight is 423 g/mol. The standard InChI is InChI=1S/C25H31FN4O/c1-27-10-14-30(25(27)31)17-13-28-11-15-29(16-12-28)24-18-23(19-6-8-20(26)9-7-19)21-4-2-3-5-22(21)24/h2-9,23-24H,10-18H2,1H3. The molecule has 3 aliphatic rings. The van der Waals surface area contributed by atoms with Crippen molar-refractivity contribution in [1.82, 2.24) is 19.6 Å². The van der Waals surface area contributed by atoms with Crippen LogP contribution in [0.1, 0.15) is 35.1 Å². The molecule has 2 unspecified atom stereocenters. The van der Waals surface area contributed by atoms with Gasteiger partial charge in [0.2, 0.25) is 0 Å². The maximum atomic E-state index is 13.4. The molecule has 0 N–H and O–H groups in total. The van der Waals surface area contributed by atoms with Gasteiger partial charge in [0.1, 0.15) is 5.82 Å². The lowest BCUT2D eigenvalue weighted by Crippen LogP contribution is -2.49. The summed E-state index contributed by atoms with van der Waals surface area (Å²) in [6.45, 7) is 7.62. The van der Waals surface area contributed by atoms with E-state index in [1.807, 2.05) is 24.1 Å². The van der Waals surface area contributed by atoms with Crippen LogP contribution in [-0.2, 0) is 0 Å². The van der Waals surface area contributed by atoms with Crippen molar-refractivity contribution in [2.24, 2.45) is 0 Å². The quantitative estimate of drug-likeness (QED) is 0.740. The molecule has 5 nitrogen and oxygen atoms in total. The van der Waals surface area contributed by atoms with Crippen molar-refractivity contribution >= 4 is 6.03 Å². The van der Waals surface area contributed by atoms with Gasteiger partial charge in [-0.2, -0.15) is 0 Å². The van der Waals surface area contributed by atoms with E-state index >= 15 is 0 Å². The van der Waals surface area contributed by atoms with Gasteiger partial charge in [0.25, 0.3) is 0 Å². The zero-order chi connectivity index (χ0) is 21.4. The Kier molecular flexibility index (Phi) is 5.67. The SMILES string of the molecule is CN1CCN(CCN2CCN(C3CC(c4ccc(F)cc4)c4ccccc43)CC2)C1=O. The van der Waals surface area contributed by atoms with E-state index in [9.17, 15) is 9.18 Å². The first kappa shape index (κ1) is 20.5. The minimum Gasteiger partial charge on any atom is -0.326 e. The van der Waals surface area contributed by atoms with Gasteiger partial charge in [-0.05, 0) is 35.2 Å². The number of hydrogen-bond donors (Lipinski definition) is 0. The number of carbonyl (C=O) groups is 1. The fourth-order valence-electron chi connectivity index (χ4n) is 5.44. The van der Waals surface area contributed by atoms with E-state index in [2.05, 4.69) is 34.1 Å². The van der Waals surface area contributed by atoms with E-state index in [1.54, 1.807) is 17.0 Å². The lowest BCUT2D eigenvalue weighted by atomic mass is 9.93. The predicted octanol–water partition coefficient (Wildman–Crippen LogP) is 3.39. The molecule has 0 aromatic heterocycles. The molecule has 2 aromatic carbocycles. The molecule has 2 heterocycles. The van der Waals surface area contributed by atoms with Crippen LogP contribution in [0.25, 0.3) is 0 Å². The van der Waals surface area contributed by atoms with Crippen LogP contribution in [0.15, 0.2) is 48.5 Å². The summed E-state index contributed by atoms with van der Waals surface area (Å²) in [5.74, 6) is 0.156. The summed E-state index contributed by atoms with van der Waals surface area (Å²) in [7, 11) is 1.87. The van der Waals surface area contributed by atoms with Crippen LogP contribution < -0.4 is 0 Å². The number of piperazine rings is 1. The molecule has 31 heavy (non-hydrogen) atoms. The molecule has 1 aliphatic carbocycles. The van der Waals surface area contributed by atoms with Crippen LogP contribution in [0.5, 0.6) is 0 Å². The highest BCUT2D eigenvalue weighted by molar-refractivity contribution is 5.76. The van der Waals surface area contributed by atoms with Gasteiger partial charge in [-0.3, -0.25) is 9.80 Å². The lowest BCUT2D eigenvalue weighted by Gasteiger charge is -2.39. The summed E-state index contributed by atoms with van der Waals surface area (Å²) in [4.78, 5) is 21.0. The number of nitrogens with zero attached hydrogens (tertiary/aromatic N) is 4. The fraction of sp³-hybridized carbons (Fsp3) is 0.480. The second-order valence-corrected chi connectivity index (χ2v) is 9.05. The first-order valence-corrected chi connectivity index (χ1v) is 11.4. The summed E-state index contributed by atoms with van der Waals surface area (Å²) in [5, 5.41) is 0. The number of halogens is 1. The number of fused-ring (bicyclic) bond motifs is 1. The number of likely N-dealkylation sites (N-methyl/N-ethyl adjacent to an activating group) is 1. The molecule has 2 aromatic rings. The number of benzene rings is 2. The van der Waals surface area contributed by atoms with Crippen LogP contribution in [0.3, 0.4) is 0 Å². The number of urea groups is 1. The lowest BCUT2D eigenvalue weighted by molar-refractivity contribution is 0.0902. The van der Waals surface area contributed by atoms with Crippen molar-refractivity contribution < 1.29 is 9.18 Å². The largest absolute Gasteiger partial charge is 0.326 e. The molecule has 2 amide bonds. The summed E-state index contributed by atoms with van der Waals surface area (Å²) in [6, 6.07) is 16.4. The minimum atomic E-state index is -0.176. The highest BCUT2D eigenvalue weighted by atomic mass is 19.1. The van der Waals surface area contributed by atoms with Gasteiger partial charge in [-0.25, -0.2) is 9.18 Å². The van der Waals surface area contributed by atoms with Crippen LogP contribution in [-0.4, -0.2) is 85.0 Å². The zero-order valence-corrected chi connectivity index (χ0v) is 18.2. The third-order valence-corrected chi connectivity index (χ3v) is 7.30. The Morgan fingerprint density at radius 2 is 1.58 bits per heavy atom. The third kappa shape index (κ3) is 4.06. The molecular formula is C25H31FN4O. The van der Waals surface area contributed by atoms with E-state index in [0.29, 0.717) is 12.0 Å². The molecule has 5 rings (SSSR count). The third-order valence-electron chi connectivity index (χ3n) is 7.30. The average Bonchev–Trinajstić information content (AvgIpc) is 3.34. The van der Waals surface area contributed by atoms with Gasteiger partial charge in [-0.1, -0.05) is 36.4 Å². The Morgan fingerprint density at radius 3 is 2.26 bits per heavy atom. The Bertz CT molecular complexity index is 925. The molecule has 2 aliphatic heterocycles. The molecule has 6 heteroatoms. The van der Waals surface area contributed by atoms with Crippen LogP contribution in [0, 0.1) is 5.82 Å². The van der Waals surface area contributed by atoms with Crippen molar-refractivity contribution in [2.45, 2.75) is 18.4 Å². The van der Waals surface area contributed by atoms with Crippen molar-refractivity contribution in [2.75, 3.05) is 59.4 Å². The molecule has 2 saturated heterocycles. The first-order valence-electron chi connectivity index (χ1n) is 11.4. The summed E-state index contributed by atoms with van der Waals surface area (Å²) < 4.78 is 13.4. The fourth-order valence-corrected chi connectivity index (χ4v) is 5.44. The Morgan fingerprint density at radius 1 is 0.871 bits per heavy atom. The van der Waals surface area contributed by atoms with Crippen molar-refractivity contribution in [3.05, 3.63) is 71.0 Å². The molecule has 0 spiro atoms. The maximum absolute atomic E-state index is 13.4. The summed E-state index contributed by atoms with van der Waals surface area (Å²) >= 11 is 0. The van der Waals surface area contributed by atoms with E-state index in [-0.39, 0.29) is 11.8 Å². The second kappa shape index (κ2) is 8.60. The Labute approximate surface area is 184 Å². The molecule has 0 radical (unpaired) electrons. The molecule has 2 fully saturated rings. The normalized spacial score (nSPS) is 24.8.